The molecule has 5 rings (SSSR count). The van der Waals surface area contributed by atoms with E-state index < -0.39 is 22.3 Å². The quantitative estimate of drug-likeness (QED) is 0.233. The zero-order valence-electron chi connectivity index (χ0n) is 19.3. The Kier molecular flexibility index (Phi) is 6.86. The second-order valence-corrected chi connectivity index (χ2v) is 11.5. The summed E-state index contributed by atoms with van der Waals surface area (Å²) in [4.78, 5) is 19.5. The van der Waals surface area contributed by atoms with E-state index in [1.165, 1.54) is 16.0 Å². The van der Waals surface area contributed by atoms with Crippen molar-refractivity contribution in [2.24, 2.45) is 0 Å². The lowest BCUT2D eigenvalue weighted by molar-refractivity contribution is 0.122. The third-order valence-electron chi connectivity index (χ3n) is 5.92. The number of alkyl halides is 3. The Hall–Kier alpha value is -2.44. The molecule has 0 radical (unpaired) electrons. The van der Waals surface area contributed by atoms with E-state index in [2.05, 4.69) is 25.3 Å². The van der Waals surface area contributed by atoms with Gasteiger partial charge < -0.3 is 19.7 Å². The fourth-order valence-electron chi connectivity index (χ4n) is 4.08. The predicted octanol–water partition coefficient (Wildman–Crippen LogP) is 1.81. The number of morpholine rings is 1. The SMILES string of the molecule is COc1cccc2c1nc(C(F)F)n2-c1nc(NC2CN(S(C)(=O)=O)C2I)nc(N2CCOCC2)n1. The number of sulfonamides is 1. The average Bonchev–Trinajstić information content (AvgIpc) is 3.26. The number of fused-ring (bicyclic) bond motifs is 1. The molecule has 194 valence electrons. The number of hydrogen-bond acceptors (Lipinski definition) is 10. The molecule has 12 nitrogen and oxygen atoms in total. The lowest BCUT2D eigenvalue weighted by atomic mass is 10.2. The summed E-state index contributed by atoms with van der Waals surface area (Å²) in [5.74, 6) is 0.214. The van der Waals surface area contributed by atoms with Gasteiger partial charge in [0, 0.05) is 19.6 Å². The van der Waals surface area contributed by atoms with Crippen LogP contribution in [0.2, 0.25) is 0 Å². The van der Waals surface area contributed by atoms with Crippen LogP contribution in [0.5, 0.6) is 5.75 Å². The lowest BCUT2D eigenvalue weighted by Crippen LogP contribution is -2.61. The number of methoxy groups -OCH3 is 1. The normalized spacial score (nSPS) is 21.1. The topological polar surface area (TPSA) is 128 Å². The highest BCUT2D eigenvalue weighted by Gasteiger charge is 2.43. The fourth-order valence-corrected chi connectivity index (χ4v) is 6.90. The van der Waals surface area contributed by atoms with Gasteiger partial charge in [-0.25, -0.2) is 22.2 Å². The van der Waals surface area contributed by atoms with Crippen LogP contribution in [0, 0.1) is 0 Å². The van der Waals surface area contributed by atoms with Crippen molar-refractivity contribution < 1.29 is 26.7 Å². The molecule has 1 N–H and O–H groups in total. The minimum atomic E-state index is -3.35. The first kappa shape index (κ1) is 25.2. The summed E-state index contributed by atoms with van der Waals surface area (Å²) < 4.78 is 65.0. The molecule has 0 aliphatic carbocycles. The van der Waals surface area contributed by atoms with Gasteiger partial charge in [-0.05, 0) is 12.1 Å². The van der Waals surface area contributed by atoms with E-state index in [0.717, 1.165) is 6.26 Å². The van der Waals surface area contributed by atoms with Crippen LogP contribution in [0.4, 0.5) is 20.7 Å². The van der Waals surface area contributed by atoms with Gasteiger partial charge in [0.25, 0.3) is 6.43 Å². The summed E-state index contributed by atoms with van der Waals surface area (Å²) in [7, 11) is -1.91. The number of hydrogen-bond donors (Lipinski definition) is 1. The van der Waals surface area contributed by atoms with Gasteiger partial charge >= 0.3 is 0 Å². The molecule has 2 aromatic heterocycles. The maximum atomic E-state index is 14.1. The zero-order chi connectivity index (χ0) is 25.6. The summed E-state index contributed by atoms with van der Waals surface area (Å²) in [5, 5.41) is 3.15. The molecule has 0 bridgehead atoms. The number of para-hydroxylation sites is 1. The van der Waals surface area contributed by atoms with Gasteiger partial charge in [-0.3, -0.25) is 4.57 Å². The molecule has 0 spiro atoms. The second-order valence-electron chi connectivity index (χ2n) is 8.25. The van der Waals surface area contributed by atoms with Crippen LogP contribution >= 0.6 is 22.6 Å². The number of nitrogens with one attached hydrogen (secondary N) is 1. The maximum absolute atomic E-state index is 14.1. The number of benzene rings is 1. The highest BCUT2D eigenvalue weighted by atomic mass is 127. The highest BCUT2D eigenvalue weighted by molar-refractivity contribution is 14.1. The van der Waals surface area contributed by atoms with Crippen molar-refractivity contribution in [2.75, 3.05) is 56.4 Å². The van der Waals surface area contributed by atoms with Gasteiger partial charge in [0.1, 0.15) is 11.3 Å². The van der Waals surface area contributed by atoms with Crippen LogP contribution < -0.4 is 15.0 Å². The number of rotatable bonds is 7. The zero-order valence-corrected chi connectivity index (χ0v) is 22.3. The third-order valence-corrected chi connectivity index (χ3v) is 9.07. The van der Waals surface area contributed by atoms with Crippen LogP contribution in [-0.4, -0.2) is 93.5 Å². The number of ether oxygens (including phenoxy) is 2. The Morgan fingerprint density at radius 3 is 2.53 bits per heavy atom. The van der Waals surface area contributed by atoms with Gasteiger partial charge in [-0.15, -0.1) is 0 Å². The minimum Gasteiger partial charge on any atom is -0.494 e. The van der Waals surface area contributed by atoms with Crippen molar-refractivity contribution in [1.29, 1.82) is 0 Å². The maximum Gasteiger partial charge on any atom is 0.296 e. The molecule has 2 saturated heterocycles. The Labute approximate surface area is 219 Å². The predicted molar refractivity (Wildman–Crippen MR) is 136 cm³/mol. The number of halogens is 3. The van der Waals surface area contributed by atoms with Crippen molar-refractivity contribution in [3.8, 4) is 11.7 Å². The van der Waals surface area contributed by atoms with Gasteiger partial charge in [-0.2, -0.15) is 19.3 Å². The Morgan fingerprint density at radius 2 is 1.89 bits per heavy atom. The second kappa shape index (κ2) is 9.79. The summed E-state index contributed by atoms with van der Waals surface area (Å²) in [5.41, 5.74) is 0.613. The molecule has 0 saturated carbocycles. The summed E-state index contributed by atoms with van der Waals surface area (Å²) in [6.45, 7) is 2.21. The summed E-state index contributed by atoms with van der Waals surface area (Å²) in [6, 6.07) is 4.67. The third kappa shape index (κ3) is 4.66. The molecular weight excluding hydrogens is 613 g/mol. The first-order valence-corrected chi connectivity index (χ1v) is 14.1. The van der Waals surface area contributed by atoms with Crippen molar-refractivity contribution in [1.82, 2.24) is 28.8 Å². The molecule has 4 heterocycles. The van der Waals surface area contributed by atoms with Crippen molar-refractivity contribution in [3.05, 3.63) is 24.0 Å². The average molecular weight is 636 g/mol. The Bertz CT molecular complexity index is 1390. The molecule has 2 fully saturated rings. The van der Waals surface area contributed by atoms with E-state index in [1.807, 2.05) is 27.5 Å². The molecule has 1 aromatic carbocycles. The van der Waals surface area contributed by atoms with Gasteiger partial charge in [0.15, 0.2) is 5.82 Å². The van der Waals surface area contributed by atoms with E-state index in [0.29, 0.717) is 43.5 Å². The van der Waals surface area contributed by atoms with Crippen LogP contribution in [0.25, 0.3) is 17.0 Å². The highest BCUT2D eigenvalue weighted by Crippen LogP contribution is 2.33. The van der Waals surface area contributed by atoms with E-state index >= 15 is 0 Å². The van der Waals surface area contributed by atoms with E-state index in [1.54, 1.807) is 18.2 Å². The molecule has 3 aromatic rings. The Balaban J connectivity index is 1.60. The number of aromatic nitrogens is 5. The van der Waals surface area contributed by atoms with Crippen molar-refractivity contribution >= 4 is 55.5 Å². The number of imidazole rings is 1. The van der Waals surface area contributed by atoms with Crippen LogP contribution in [0.1, 0.15) is 12.2 Å². The fraction of sp³-hybridized carbons (Fsp3) is 0.500. The molecule has 0 amide bonds. The minimum absolute atomic E-state index is 0.0376. The molecule has 2 aliphatic rings. The first-order chi connectivity index (χ1) is 17.2. The van der Waals surface area contributed by atoms with Crippen LogP contribution in [0.3, 0.4) is 0 Å². The van der Waals surface area contributed by atoms with Crippen molar-refractivity contribution in [3.63, 3.8) is 0 Å². The van der Waals surface area contributed by atoms with E-state index in [4.69, 9.17) is 9.47 Å². The number of anilines is 2. The van der Waals surface area contributed by atoms with Gasteiger partial charge in [-0.1, -0.05) is 28.7 Å². The van der Waals surface area contributed by atoms with Gasteiger partial charge in [0.2, 0.25) is 27.9 Å². The largest absolute Gasteiger partial charge is 0.494 e. The standard InChI is InChI=1S/C20H23F2IN8O4S/c1-34-13-5-3-4-12-14(13)25-17(15(21)22)31(12)20-27-18(24-11-10-30(16(11)23)36(2,32)33)26-19(28-20)29-6-8-35-9-7-29/h3-5,11,15-16H,6-10H2,1-2H3,(H,24,26,27,28). The smallest absolute Gasteiger partial charge is 0.296 e. The summed E-state index contributed by atoms with van der Waals surface area (Å²) >= 11 is 2.03. The molecule has 2 atom stereocenters. The number of nitrogens with zero attached hydrogens (tertiary/aromatic N) is 7. The lowest BCUT2D eigenvalue weighted by Gasteiger charge is -2.43. The van der Waals surface area contributed by atoms with Gasteiger partial charge in [0.05, 0.1) is 42.2 Å². The van der Waals surface area contributed by atoms with E-state index in [-0.39, 0.29) is 34.0 Å². The molecular formula is C20H23F2IN8O4S. The van der Waals surface area contributed by atoms with Crippen molar-refractivity contribution in [2.45, 2.75) is 16.5 Å². The monoisotopic (exact) mass is 636 g/mol. The van der Waals surface area contributed by atoms with Crippen LogP contribution in [0.15, 0.2) is 18.2 Å². The molecule has 16 heteroatoms. The Morgan fingerprint density at radius 1 is 1.17 bits per heavy atom. The van der Waals surface area contributed by atoms with Crippen LogP contribution in [-0.2, 0) is 14.8 Å². The molecule has 36 heavy (non-hydrogen) atoms. The van der Waals surface area contributed by atoms with E-state index in [9.17, 15) is 17.2 Å². The first-order valence-electron chi connectivity index (χ1n) is 11.0. The molecule has 2 unspecified atom stereocenters. The summed E-state index contributed by atoms with van der Waals surface area (Å²) in [6.07, 6.45) is -1.76. The molecule has 2 aliphatic heterocycles.